The minimum absolute atomic E-state index is 0.190. The van der Waals surface area contributed by atoms with Gasteiger partial charge in [0.05, 0.1) is 6.42 Å². The van der Waals surface area contributed by atoms with Gasteiger partial charge in [0.25, 0.3) is 0 Å². The molecule has 0 aromatic heterocycles. The smallest absolute Gasteiger partial charge is 0.330 e. The lowest BCUT2D eigenvalue weighted by molar-refractivity contribution is -0.165. The molecular formula is C19H22N2O5S. The number of Topliss-reactive ketones (excluding diaryl/α,β-unsaturated/α-hetero) is 1. The molecule has 7 nitrogen and oxygen atoms in total. The van der Waals surface area contributed by atoms with E-state index in [0.29, 0.717) is 0 Å². The first kappa shape index (κ1) is 19.4. The lowest BCUT2D eigenvalue weighted by atomic mass is 9.96. The largest absolute Gasteiger partial charge is 0.456 e. The van der Waals surface area contributed by atoms with Crippen LogP contribution in [0.3, 0.4) is 0 Å². The number of hydrogen-bond acceptors (Lipinski definition) is 6. The molecule has 0 radical (unpaired) electrons. The summed E-state index contributed by atoms with van der Waals surface area (Å²) in [4.78, 5) is 49.8. The highest BCUT2D eigenvalue weighted by atomic mass is 32.2. The number of benzene rings is 1. The fourth-order valence-corrected chi connectivity index (χ4v) is 5.00. The summed E-state index contributed by atoms with van der Waals surface area (Å²) in [6.45, 7) is 4.73. The summed E-state index contributed by atoms with van der Waals surface area (Å²) in [5.74, 6) is -1.39. The van der Waals surface area contributed by atoms with Crippen molar-refractivity contribution >= 4 is 35.3 Å². The van der Waals surface area contributed by atoms with Crippen molar-refractivity contribution in [2.75, 3.05) is 6.61 Å². The van der Waals surface area contributed by atoms with Gasteiger partial charge in [0.1, 0.15) is 24.1 Å². The van der Waals surface area contributed by atoms with Gasteiger partial charge in [-0.25, -0.2) is 4.79 Å². The fourth-order valence-electron chi connectivity index (χ4n) is 3.38. The Morgan fingerprint density at radius 3 is 2.52 bits per heavy atom. The van der Waals surface area contributed by atoms with Gasteiger partial charge in [-0.05, 0) is 26.3 Å². The molecule has 144 valence electrons. The van der Waals surface area contributed by atoms with Gasteiger partial charge < -0.3 is 15.0 Å². The molecule has 2 aliphatic rings. The van der Waals surface area contributed by atoms with Crippen molar-refractivity contribution in [3.05, 3.63) is 35.9 Å². The number of ketones is 1. The summed E-state index contributed by atoms with van der Waals surface area (Å²) in [5, 5.41) is 2.46. The number of nitrogens with one attached hydrogen (secondary N) is 1. The standard InChI is InChI=1S/C19H22N2O5S/c1-11(22)10-26-18(25)15-19(2,3)27-17-14(16(24)21(15)17)20-13(23)9-12-7-5-4-6-8-12/h4-8,14-15,17H,9-10H2,1-3H3,(H,20,23)/t14-,15+,17-/m1/s1. The second-order valence-corrected chi connectivity index (χ2v) is 9.05. The van der Waals surface area contributed by atoms with E-state index in [0.717, 1.165) is 5.56 Å². The molecule has 2 fully saturated rings. The average Bonchev–Trinajstić information content (AvgIpc) is 2.86. The van der Waals surface area contributed by atoms with Gasteiger partial charge in [-0.1, -0.05) is 30.3 Å². The van der Waals surface area contributed by atoms with Crippen LogP contribution in [0.2, 0.25) is 0 Å². The summed E-state index contributed by atoms with van der Waals surface area (Å²) in [7, 11) is 0. The number of nitrogens with zero attached hydrogens (tertiary/aromatic N) is 1. The third kappa shape index (κ3) is 3.85. The maximum Gasteiger partial charge on any atom is 0.330 e. The molecule has 0 aliphatic carbocycles. The Morgan fingerprint density at radius 1 is 1.22 bits per heavy atom. The Morgan fingerprint density at radius 2 is 1.89 bits per heavy atom. The van der Waals surface area contributed by atoms with Crippen LogP contribution in [-0.2, 0) is 30.3 Å². The molecule has 3 rings (SSSR count). The number of β-lactam (4-membered cyclic amide) rings is 1. The van der Waals surface area contributed by atoms with Gasteiger partial charge in [0, 0.05) is 4.75 Å². The lowest BCUT2D eigenvalue weighted by Gasteiger charge is -2.43. The topological polar surface area (TPSA) is 92.8 Å². The Kier molecular flexibility index (Phi) is 5.28. The SMILES string of the molecule is CC(=O)COC(=O)[C@@H]1N2C(=O)[C@@H](NC(=O)Cc3ccccc3)[C@H]2SC1(C)C. The van der Waals surface area contributed by atoms with Crippen LogP contribution in [0.15, 0.2) is 30.3 Å². The van der Waals surface area contributed by atoms with Gasteiger partial charge in [0.15, 0.2) is 5.78 Å². The van der Waals surface area contributed by atoms with E-state index in [-0.39, 0.29) is 36.0 Å². The third-order valence-corrected chi connectivity index (χ3v) is 6.18. The van der Waals surface area contributed by atoms with Crippen molar-refractivity contribution in [2.45, 2.75) is 49.4 Å². The van der Waals surface area contributed by atoms with Crippen LogP contribution < -0.4 is 5.32 Å². The average molecular weight is 390 g/mol. The Labute approximate surface area is 161 Å². The van der Waals surface area contributed by atoms with Crippen LogP contribution in [-0.4, -0.2) is 57.3 Å². The zero-order chi connectivity index (χ0) is 19.8. The summed E-state index contributed by atoms with van der Waals surface area (Å²) in [6.07, 6.45) is 0.190. The summed E-state index contributed by atoms with van der Waals surface area (Å²) >= 11 is 1.45. The Hall–Kier alpha value is -2.35. The minimum atomic E-state index is -0.776. The van der Waals surface area contributed by atoms with Crippen LogP contribution in [0.25, 0.3) is 0 Å². The van der Waals surface area contributed by atoms with Crippen LogP contribution in [0.4, 0.5) is 0 Å². The van der Waals surface area contributed by atoms with Gasteiger partial charge >= 0.3 is 5.97 Å². The maximum atomic E-state index is 12.6. The number of carbonyl (C=O) groups excluding carboxylic acids is 4. The lowest BCUT2D eigenvalue weighted by Crippen LogP contribution is -2.70. The van der Waals surface area contributed by atoms with E-state index in [1.54, 1.807) is 0 Å². The zero-order valence-electron chi connectivity index (χ0n) is 15.4. The van der Waals surface area contributed by atoms with E-state index in [1.807, 2.05) is 44.2 Å². The molecule has 0 bridgehead atoms. The number of rotatable bonds is 6. The Balaban J connectivity index is 1.64. The number of esters is 1. The predicted octanol–water partition coefficient (Wildman–Crippen LogP) is 0.908. The Bertz CT molecular complexity index is 780. The van der Waals surface area contributed by atoms with E-state index in [9.17, 15) is 19.2 Å². The third-order valence-electron chi connectivity index (χ3n) is 4.61. The first-order chi connectivity index (χ1) is 12.7. The molecule has 2 aliphatic heterocycles. The minimum Gasteiger partial charge on any atom is -0.456 e. The van der Waals surface area contributed by atoms with Crippen molar-refractivity contribution in [2.24, 2.45) is 0 Å². The number of fused-ring (bicyclic) bond motifs is 1. The monoisotopic (exact) mass is 390 g/mol. The molecule has 1 N–H and O–H groups in total. The summed E-state index contributed by atoms with van der Waals surface area (Å²) in [6, 6.07) is 7.85. The molecule has 1 aromatic carbocycles. The van der Waals surface area contributed by atoms with E-state index in [4.69, 9.17) is 4.74 Å². The zero-order valence-corrected chi connectivity index (χ0v) is 16.2. The first-order valence-electron chi connectivity index (χ1n) is 8.70. The van der Waals surface area contributed by atoms with Crippen molar-refractivity contribution in [3.63, 3.8) is 0 Å². The van der Waals surface area contributed by atoms with E-state index in [2.05, 4.69) is 5.32 Å². The second-order valence-electron chi connectivity index (χ2n) is 7.28. The van der Waals surface area contributed by atoms with Gasteiger partial charge in [-0.15, -0.1) is 11.8 Å². The van der Waals surface area contributed by atoms with Crippen molar-refractivity contribution in [3.8, 4) is 0 Å². The van der Waals surface area contributed by atoms with Crippen LogP contribution in [0, 0.1) is 0 Å². The summed E-state index contributed by atoms with van der Waals surface area (Å²) in [5.41, 5.74) is 0.865. The molecule has 0 spiro atoms. The quantitative estimate of drug-likeness (QED) is 0.573. The molecule has 2 amide bonds. The van der Waals surface area contributed by atoms with E-state index >= 15 is 0 Å². The highest BCUT2D eigenvalue weighted by Gasteiger charge is 2.64. The highest BCUT2D eigenvalue weighted by Crippen LogP contribution is 2.51. The molecule has 27 heavy (non-hydrogen) atoms. The molecule has 2 heterocycles. The molecule has 1 aromatic rings. The number of amides is 2. The first-order valence-corrected chi connectivity index (χ1v) is 9.58. The van der Waals surface area contributed by atoms with Crippen LogP contribution in [0.1, 0.15) is 26.3 Å². The predicted molar refractivity (Wildman–Crippen MR) is 99.8 cm³/mol. The van der Waals surface area contributed by atoms with Gasteiger partial charge in [-0.2, -0.15) is 0 Å². The van der Waals surface area contributed by atoms with Crippen molar-refractivity contribution in [1.82, 2.24) is 10.2 Å². The second kappa shape index (κ2) is 7.34. The number of hydrogen-bond donors (Lipinski definition) is 1. The van der Waals surface area contributed by atoms with Crippen LogP contribution in [0.5, 0.6) is 0 Å². The van der Waals surface area contributed by atoms with Crippen LogP contribution >= 0.6 is 11.8 Å². The highest BCUT2D eigenvalue weighted by molar-refractivity contribution is 8.01. The van der Waals surface area contributed by atoms with Gasteiger partial charge in [-0.3, -0.25) is 14.4 Å². The van der Waals surface area contributed by atoms with Gasteiger partial charge in [0.2, 0.25) is 11.8 Å². The van der Waals surface area contributed by atoms with Crippen molar-refractivity contribution < 1.29 is 23.9 Å². The normalized spacial score (nSPS) is 25.4. The molecule has 0 saturated carbocycles. The molecule has 8 heteroatoms. The molecule has 3 atom stereocenters. The molecule has 0 unspecified atom stereocenters. The maximum absolute atomic E-state index is 12.6. The molecular weight excluding hydrogens is 368 g/mol. The fraction of sp³-hybridized carbons (Fsp3) is 0.474. The van der Waals surface area contributed by atoms with E-state index in [1.165, 1.54) is 23.6 Å². The number of ether oxygens (including phenoxy) is 1. The number of thioether (sulfide) groups is 1. The summed E-state index contributed by atoms with van der Waals surface area (Å²) < 4.78 is 4.46. The van der Waals surface area contributed by atoms with E-state index < -0.39 is 22.8 Å². The van der Waals surface area contributed by atoms with Crippen molar-refractivity contribution in [1.29, 1.82) is 0 Å². The number of carbonyl (C=O) groups is 4. The molecule has 2 saturated heterocycles.